The summed E-state index contributed by atoms with van der Waals surface area (Å²) in [7, 11) is 0. The molecule has 0 saturated carbocycles. The molecule has 2 aromatic rings. The summed E-state index contributed by atoms with van der Waals surface area (Å²) < 4.78 is 10.7. The maximum Gasteiger partial charge on any atom is 0.242 e. The van der Waals surface area contributed by atoms with Crippen LogP contribution in [0.4, 0.5) is 0 Å². The molecule has 0 atom stereocenters. The number of carbonyl (C=O) groups is 1. The fraction of sp³-hybridized carbons (Fsp3) is 0.588. The molecule has 8 nitrogen and oxygen atoms in total. The lowest BCUT2D eigenvalue weighted by atomic mass is 9.89. The number of amides is 1. The van der Waals surface area contributed by atoms with Crippen LogP contribution in [0.1, 0.15) is 18.7 Å². The summed E-state index contributed by atoms with van der Waals surface area (Å²) in [4.78, 5) is 22.3. The SMILES string of the molecule is NC1(C(=O)N2CCN(Cc3nc(-c4cccs4)no3)CC2)CCOCC1. The summed E-state index contributed by atoms with van der Waals surface area (Å²) in [6.45, 7) is 4.61. The van der Waals surface area contributed by atoms with Gasteiger partial charge in [-0.2, -0.15) is 4.98 Å². The van der Waals surface area contributed by atoms with E-state index in [9.17, 15) is 4.79 Å². The minimum absolute atomic E-state index is 0.0539. The number of hydrogen-bond acceptors (Lipinski definition) is 8. The predicted octanol–water partition coefficient (Wildman–Crippen LogP) is 0.950. The number of rotatable bonds is 4. The average Bonchev–Trinajstić information content (AvgIpc) is 3.34. The summed E-state index contributed by atoms with van der Waals surface area (Å²) >= 11 is 1.59. The molecule has 2 fully saturated rings. The van der Waals surface area contributed by atoms with E-state index in [-0.39, 0.29) is 5.91 Å². The topological polar surface area (TPSA) is 97.7 Å². The molecule has 0 unspecified atom stereocenters. The Morgan fingerprint density at radius 2 is 2.04 bits per heavy atom. The number of thiophene rings is 1. The van der Waals surface area contributed by atoms with Crippen LogP contribution in [0.25, 0.3) is 10.7 Å². The Morgan fingerprint density at radius 1 is 1.27 bits per heavy atom. The summed E-state index contributed by atoms with van der Waals surface area (Å²) in [6, 6.07) is 3.94. The van der Waals surface area contributed by atoms with Gasteiger partial charge >= 0.3 is 0 Å². The monoisotopic (exact) mass is 377 g/mol. The van der Waals surface area contributed by atoms with Crippen LogP contribution >= 0.6 is 11.3 Å². The van der Waals surface area contributed by atoms with E-state index in [2.05, 4.69) is 15.0 Å². The molecule has 9 heteroatoms. The van der Waals surface area contributed by atoms with Gasteiger partial charge in [0.05, 0.1) is 17.0 Å². The first-order valence-electron chi connectivity index (χ1n) is 8.89. The van der Waals surface area contributed by atoms with Gasteiger partial charge in [-0.25, -0.2) is 0 Å². The second kappa shape index (κ2) is 7.43. The largest absolute Gasteiger partial charge is 0.381 e. The summed E-state index contributed by atoms with van der Waals surface area (Å²) in [6.07, 6.45) is 1.19. The first kappa shape index (κ1) is 17.6. The smallest absolute Gasteiger partial charge is 0.242 e. The van der Waals surface area contributed by atoms with Crippen LogP contribution in [0.2, 0.25) is 0 Å². The zero-order chi connectivity index (χ0) is 18.0. The summed E-state index contributed by atoms with van der Waals surface area (Å²) in [5.41, 5.74) is 5.56. The van der Waals surface area contributed by atoms with Crippen LogP contribution in [0.5, 0.6) is 0 Å². The van der Waals surface area contributed by atoms with Gasteiger partial charge in [-0.05, 0) is 24.3 Å². The van der Waals surface area contributed by atoms with E-state index in [1.54, 1.807) is 11.3 Å². The highest BCUT2D eigenvalue weighted by Gasteiger charge is 2.39. The van der Waals surface area contributed by atoms with Crippen LogP contribution in [-0.2, 0) is 16.1 Å². The van der Waals surface area contributed by atoms with Crippen molar-refractivity contribution in [1.29, 1.82) is 0 Å². The van der Waals surface area contributed by atoms with Crippen LogP contribution in [0.3, 0.4) is 0 Å². The highest BCUT2D eigenvalue weighted by Crippen LogP contribution is 2.23. The highest BCUT2D eigenvalue weighted by atomic mass is 32.1. The van der Waals surface area contributed by atoms with Gasteiger partial charge in [0.1, 0.15) is 0 Å². The average molecular weight is 377 g/mol. The second-order valence-corrected chi connectivity index (χ2v) is 7.77. The van der Waals surface area contributed by atoms with E-state index in [0.29, 0.717) is 57.4 Å². The van der Waals surface area contributed by atoms with Crippen LogP contribution < -0.4 is 5.73 Å². The van der Waals surface area contributed by atoms with Crippen molar-refractivity contribution in [2.45, 2.75) is 24.9 Å². The maximum absolute atomic E-state index is 12.8. The maximum atomic E-state index is 12.8. The van der Waals surface area contributed by atoms with E-state index in [1.165, 1.54) is 0 Å². The number of carbonyl (C=O) groups excluding carboxylic acids is 1. The van der Waals surface area contributed by atoms with Crippen LogP contribution in [-0.4, -0.2) is 70.8 Å². The minimum Gasteiger partial charge on any atom is -0.381 e. The van der Waals surface area contributed by atoms with Gasteiger partial charge in [0.15, 0.2) is 0 Å². The molecule has 140 valence electrons. The van der Waals surface area contributed by atoms with Gasteiger partial charge in [-0.15, -0.1) is 11.3 Å². The fourth-order valence-corrected chi connectivity index (χ4v) is 4.04. The summed E-state index contributed by atoms with van der Waals surface area (Å²) in [5, 5.41) is 6.03. The number of aromatic nitrogens is 2. The zero-order valence-electron chi connectivity index (χ0n) is 14.6. The third-order valence-corrected chi connectivity index (χ3v) is 5.90. The molecule has 2 aliphatic heterocycles. The number of piperazine rings is 1. The minimum atomic E-state index is -0.761. The third kappa shape index (κ3) is 3.66. The molecule has 2 aromatic heterocycles. The van der Waals surface area contributed by atoms with Crippen LogP contribution in [0, 0.1) is 0 Å². The molecule has 1 amide bonds. The first-order chi connectivity index (χ1) is 12.6. The lowest BCUT2D eigenvalue weighted by molar-refractivity contribution is -0.142. The van der Waals surface area contributed by atoms with Gasteiger partial charge in [-0.1, -0.05) is 11.2 Å². The van der Waals surface area contributed by atoms with Gasteiger partial charge < -0.3 is 19.9 Å². The molecular formula is C17H23N5O3S. The fourth-order valence-electron chi connectivity index (χ4n) is 3.39. The molecule has 4 rings (SSSR count). The Balaban J connectivity index is 1.30. The van der Waals surface area contributed by atoms with Gasteiger partial charge in [-0.3, -0.25) is 9.69 Å². The number of ether oxygens (including phenoxy) is 1. The van der Waals surface area contributed by atoms with E-state index < -0.39 is 5.54 Å². The molecule has 0 spiro atoms. The van der Waals surface area contributed by atoms with Crippen molar-refractivity contribution in [3.05, 3.63) is 23.4 Å². The molecule has 4 heterocycles. The van der Waals surface area contributed by atoms with Crippen molar-refractivity contribution in [2.24, 2.45) is 5.73 Å². The van der Waals surface area contributed by atoms with Gasteiger partial charge in [0.25, 0.3) is 0 Å². The Morgan fingerprint density at radius 3 is 2.73 bits per heavy atom. The van der Waals surface area contributed by atoms with Crippen molar-refractivity contribution in [1.82, 2.24) is 19.9 Å². The first-order valence-corrected chi connectivity index (χ1v) is 9.77. The number of nitrogens with two attached hydrogens (primary N) is 1. The lowest BCUT2D eigenvalue weighted by Crippen LogP contribution is -2.61. The van der Waals surface area contributed by atoms with E-state index >= 15 is 0 Å². The normalized spacial score (nSPS) is 21.0. The number of hydrogen-bond donors (Lipinski definition) is 1. The molecule has 0 aliphatic carbocycles. The Bertz CT molecular complexity index is 733. The van der Waals surface area contributed by atoms with Crippen molar-refractivity contribution in [2.75, 3.05) is 39.4 Å². The molecule has 0 aromatic carbocycles. The van der Waals surface area contributed by atoms with E-state index in [4.69, 9.17) is 15.0 Å². The molecule has 26 heavy (non-hydrogen) atoms. The van der Waals surface area contributed by atoms with E-state index in [1.807, 2.05) is 22.4 Å². The molecule has 2 N–H and O–H groups in total. The van der Waals surface area contributed by atoms with Crippen molar-refractivity contribution < 1.29 is 14.1 Å². The number of nitrogens with zero attached hydrogens (tertiary/aromatic N) is 4. The third-order valence-electron chi connectivity index (χ3n) is 5.04. The zero-order valence-corrected chi connectivity index (χ0v) is 15.4. The Labute approximate surface area is 155 Å². The molecular weight excluding hydrogens is 354 g/mol. The van der Waals surface area contributed by atoms with Crippen LogP contribution in [0.15, 0.2) is 22.0 Å². The van der Waals surface area contributed by atoms with Gasteiger partial charge in [0.2, 0.25) is 17.6 Å². The quantitative estimate of drug-likeness (QED) is 0.847. The molecule has 2 aliphatic rings. The summed E-state index contributed by atoms with van der Waals surface area (Å²) in [5.74, 6) is 1.29. The lowest BCUT2D eigenvalue weighted by Gasteiger charge is -2.40. The van der Waals surface area contributed by atoms with E-state index in [0.717, 1.165) is 18.0 Å². The molecule has 0 radical (unpaired) electrons. The highest BCUT2D eigenvalue weighted by molar-refractivity contribution is 7.13. The molecule has 2 saturated heterocycles. The van der Waals surface area contributed by atoms with Crippen molar-refractivity contribution in [3.63, 3.8) is 0 Å². The predicted molar refractivity (Wildman–Crippen MR) is 96.4 cm³/mol. The Hall–Kier alpha value is -1.81. The van der Waals surface area contributed by atoms with Gasteiger partial charge in [0, 0.05) is 39.4 Å². The molecule has 0 bridgehead atoms. The second-order valence-electron chi connectivity index (χ2n) is 6.83. The Kier molecular flexibility index (Phi) is 5.03. The van der Waals surface area contributed by atoms with Crippen molar-refractivity contribution in [3.8, 4) is 10.7 Å². The standard InChI is InChI=1S/C17H23N5O3S/c18-17(3-9-24-10-4-17)16(23)22-7-5-21(6-8-22)12-14-19-15(20-25-14)13-2-1-11-26-13/h1-2,11H,3-10,12,18H2. The van der Waals surface area contributed by atoms with Crippen molar-refractivity contribution >= 4 is 17.2 Å².